The number of benzene rings is 1. The van der Waals surface area contributed by atoms with Gasteiger partial charge in [0.25, 0.3) is 0 Å². The van der Waals surface area contributed by atoms with E-state index < -0.39 is 16.1 Å². The van der Waals surface area contributed by atoms with Gasteiger partial charge >= 0.3 is 0 Å². The van der Waals surface area contributed by atoms with Gasteiger partial charge in [-0.25, -0.2) is 8.42 Å². The van der Waals surface area contributed by atoms with Crippen molar-refractivity contribution in [3.63, 3.8) is 0 Å². The summed E-state index contributed by atoms with van der Waals surface area (Å²) in [7, 11) is -3.71. The molecule has 0 spiro atoms. The molecule has 2 aliphatic heterocycles. The Morgan fingerprint density at radius 2 is 1.73 bits per heavy atom. The lowest BCUT2D eigenvalue weighted by atomic mass is 10.0. The van der Waals surface area contributed by atoms with Crippen LogP contribution in [0.25, 0.3) is 0 Å². The lowest BCUT2D eigenvalue weighted by molar-refractivity contribution is -0.138. The summed E-state index contributed by atoms with van der Waals surface area (Å²) in [5.74, 6) is -0.117. The quantitative estimate of drug-likeness (QED) is 0.686. The summed E-state index contributed by atoms with van der Waals surface area (Å²) >= 11 is 0. The average Bonchev–Trinajstić information content (AvgIpc) is 2.78. The molecule has 8 nitrogen and oxygen atoms in total. The van der Waals surface area contributed by atoms with Crippen LogP contribution in [0.5, 0.6) is 0 Å². The van der Waals surface area contributed by atoms with Crippen LogP contribution in [0.3, 0.4) is 0 Å². The van der Waals surface area contributed by atoms with Crippen LogP contribution in [0.4, 0.5) is 0 Å². The highest BCUT2D eigenvalue weighted by Gasteiger charge is 2.40. The number of piperazine rings is 1. The number of amides is 2. The summed E-state index contributed by atoms with van der Waals surface area (Å²) in [4.78, 5) is 29.2. The zero-order chi connectivity index (χ0) is 21.6. The van der Waals surface area contributed by atoms with Crippen LogP contribution in [0.15, 0.2) is 35.2 Å². The Bertz CT molecular complexity index is 823. The van der Waals surface area contributed by atoms with E-state index in [0.717, 1.165) is 19.3 Å². The minimum atomic E-state index is -3.71. The number of carbonyl (C=O) groups is 2. The largest absolute Gasteiger partial charge is 0.355 e. The smallest absolute Gasteiger partial charge is 0.243 e. The molecule has 2 heterocycles. The molecule has 1 atom stereocenters. The predicted octanol–water partition coefficient (Wildman–Crippen LogP) is 0.900. The molecule has 2 amide bonds. The second-order valence-electron chi connectivity index (χ2n) is 7.89. The summed E-state index contributed by atoms with van der Waals surface area (Å²) in [6.07, 6.45) is 3.05. The maximum atomic E-state index is 13.2. The summed E-state index contributed by atoms with van der Waals surface area (Å²) in [6, 6.07) is 7.68. The standard InChI is InChI=1S/C21H32N4O4S/c1-2-11-22-20(26)17-23-13-15-24(16-14-23)21(27)19-10-6-7-12-25(19)30(28,29)18-8-4-3-5-9-18/h3-5,8-9,19H,2,6-7,10-17H2,1H3,(H,22,26). The third-order valence-corrected chi connectivity index (χ3v) is 7.63. The first-order valence-corrected chi connectivity index (χ1v) is 12.2. The molecule has 0 radical (unpaired) electrons. The molecule has 2 saturated heterocycles. The van der Waals surface area contributed by atoms with Crippen molar-refractivity contribution in [3.05, 3.63) is 30.3 Å². The van der Waals surface area contributed by atoms with Crippen LogP contribution >= 0.6 is 0 Å². The van der Waals surface area contributed by atoms with E-state index in [1.54, 1.807) is 35.2 Å². The lowest BCUT2D eigenvalue weighted by Gasteiger charge is -2.40. The zero-order valence-corrected chi connectivity index (χ0v) is 18.4. The molecule has 2 fully saturated rings. The Morgan fingerprint density at radius 3 is 2.40 bits per heavy atom. The number of nitrogens with one attached hydrogen (secondary N) is 1. The van der Waals surface area contributed by atoms with E-state index >= 15 is 0 Å². The average molecular weight is 437 g/mol. The maximum absolute atomic E-state index is 13.2. The van der Waals surface area contributed by atoms with Gasteiger partial charge in [-0.05, 0) is 31.4 Å². The second kappa shape index (κ2) is 10.4. The minimum absolute atomic E-state index is 0.00374. The van der Waals surface area contributed by atoms with Gasteiger partial charge in [-0.15, -0.1) is 0 Å². The van der Waals surface area contributed by atoms with Crippen molar-refractivity contribution in [2.75, 3.05) is 45.8 Å². The molecule has 0 bridgehead atoms. The zero-order valence-electron chi connectivity index (χ0n) is 17.6. The summed E-state index contributed by atoms with van der Waals surface area (Å²) in [5, 5.41) is 2.87. The Kier molecular flexibility index (Phi) is 7.85. The second-order valence-corrected chi connectivity index (χ2v) is 9.78. The Morgan fingerprint density at radius 1 is 1.03 bits per heavy atom. The normalized spacial score (nSPS) is 21.4. The Labute approximate surface area is 179 Å². The van der Waals surface area contributed by atoms with E-state index in [1.807, 2.05) is 11.8 Å². The molecule has 0 saturated carbocycles. The van der Waals surface area contributed by atoms with Gasteiger partial charge in [0, 0.05) is 39.3 Å². The van der Waals surface area contributed by atoms with Gasteiger partial charge in [0.15, 0.2) is 0 Å². The maximum Gasteiger partial charge on any atom is 0.243 e. The van der Waals surface area contributed by atoms with E-state index in [-0.39, 0.29) is 16.7 Å². The topological polar surface area (TPSA) is 90.0 Å². The monoisotopic (exact) mass is 436 g/mol. The molecule has 0 aliphatic carbocycles. The number of rotatable bonds is 7. The molecule has 0 aromatic heterocycles. The first kappa shape index (κ1) is 22.7. The van der Waals surface area contributed by atoms with E-state index in [2.05, 4.69) is 5.32 Å². The van der Waals surface area contributed by atoms with Crippen LogP contribution in [0, 0.1) is 0 Å². The van der Waals surface area contributed by atoms with Gasteiger partial charge in [-0.2, -0.15) is 4.31 Å². The van der Waals surface area contributed by atoms with Crippen LogP contribution in [-0.4, -0.2) is 86.2 Å². The van der Waals surface area contributed by atoms with E-state index in [4.69, 9.17) is 0 Å². The van der Waals surface area contributed by atoms with Crippen LogP contribution < -0.4 is 5.32 Å². The predicted molar refractivity (Wildman–Crippen MR) is 114 cm³/mol. The molecule has 3 rings (SSSR count). The fourth-order valence-corrected chi connectivity index (χ4v) is 5.70. The van der Waals surface area contributed by atoms with Crippen molar-refractivity contribution >= 4 is 21.8 Å². The van der Waals surface area contributed by atoms with Crippen molar-refractivity contribution in [1.29, 1.82) is 0 Å². The third-order valence-electron chi connectivity index (χ3n) is 5.71. The van der Waals surface area contributed by atoms with Gasteiger partial charge in [0.2, 0.25) is 21.8 Å². The van der Waals surface area contributed by atoms with Crippen molar-refractivity contribution < 1.29 is 18.0 Å². The van der Waals surface area contributed by atoms with Crippen molar-refractivity contribution in [2.45, 2.75) is 43.5 Å². The van der Waals surface area contributed by atoms with Gasteiger partial charge in [0.05, 0.1) is 11.4 Å². The van der Waals surface area contributed by atoms with Crippen molar-refractivity contribution in [3.8, 4) is 0 Å². The number of sulfonamides is 1. The fraction of sp³-hybridized carbons (Fsp3) is 0.619. The molecule has 1 unspecified atom stereocenters. The number of hydrogen-bond donors (Lipinski definition) is 1. The van der Waals surface area contributed by atoms with E-state index in [9.17, 15) is 18.0 Å². The van der Waals surface area contributed by atoms with Gasteiger partial charge in [-0.1, -0.05) is 31.5 Å². The third kappa shape index (κ3) is 5.39. The van der Waals surface area contributed by atoms with Gasteiger partial charge < -0.3 is 10.2 Å². The Balaban J connectivity index is 1.62. The molecule has 1 N–H and O–H groups in total. The number of nitrogens with zero attached hydrogens (tertiary/aromatic N) is 3. The van der Waals surface area contributed by atoms with E-state index in [0.29, 0.717) is 52.2 Å². The lowest BCUT2D eigenvalue weighted by Crippen LogP contribution is -2.57. The van der Waals surface area contributed by atoms with Crippen molar-refractivity contribution in [1.82, 2.24) is 19.4 Å². The highest BCUT2D eigenvalue weighted by molar-refractivity contribution is 7.89. The molecular weight excluding hydrogens is 404 g/mol. The van der Waals surface area contributed by atoms with Gasteiger partial charge in [0.1, 0.15) is 6.04 Å². The molecule has 9 heteroatoms. The highest BCUT2D eigenvalue weighted by Crippen LogP contribution is 2.26. The highest BCUT2D eigenvalue weighted by atomic mass is 32.2. The minimum Gasteiger partial charge on any atom is -0.355 e. The molecule has 1 aromatic carbocycles. The summed E-state index contributed by atoms with van der Waals surface area (Å²) in [6.45, 7) is 5.63. The molecule has 30 heavy (non-hydrogen) atoms. The van der Waals surface area contributed by atoms with Crippen LogP contribution in [0.2, 0.25) is 0 Å². The first-order chi connectivity index (χ1) is 14.4. The SMILES string of the molecule is CCCNC(=O)CN1CCN(C(=O)C2CCCCN2S(=O)(=O)c2ccccc2)CC1. The van der Waals surface area contributed by atoms with Crippen molar-refractivity contribution in [2.24, 2.45) is 0 Å². The molecule has 2 aliphatic rings. The summed E-state index contributed by atoms with van der Waals surface area (Å²) in [5.41, 5.74) is 0. The number of piperidine rings is 1. The Hall–Kier alpha value is -1.97. The van der Waals surface area contributed by atoms with Gasteiger partial charge in [-0.3, -0.25) is 14.5 Å². The first-order valence-electron chi connectivity index (χ1n) is 10.8. The van der Waals surface area contributed by atoms with E-state index in [1.165, 1.54) is 4.31 Å². The molecular formula is C21H32N4O4S. The number of carbonyl (C=O) groups excluding carboxylic acids is 2. The fourth-order valence-electron chi connectivity index (χ4n) is 4.03. The molecule has 166 valence electrons. The van der Waals surface area contributed by atoms with Crippen LogP contribution in [-0.2, 0) is 19.6 Å². The molecule has 1 aromatic rings. The van der Waals surface area contributed by atoms with Crippen LogP contribution in [0.1, 0.15) is 32.6 Å². The summed E-state index contributed by atoms with van der Waals surface area (Å²) < 4.78 is 27.7. The number of hydrogen-bond acceptors (Lipinski definition) is 5.